The Balaban J connectivity index is 1.34. The lowest BCUT2D eigenvalue weighted by atomic mass is 9.81. The number of rotatable bonds is 5. The zero-order valence-corrected chi connectivity index (χ0v) is 17.9. The van der Waals surface area contributed by atoms with Crippen LogP contribution in [-0.4, -0.2) is 41.2 Å². The van der Waals surface area contributed by atoms with Crippen LogP contribution in [0.1, 0.15) is 31.7 Å². The summed E-state index contributed by atoms with van der Waals surface area (Å²) < 4.78 is 5.99. The summed E-state index contributed by atoms with van der Waals surface area (Å²) in [6.45, 7) is 2.86. The number of imide groups is 1. The second-order valence-corrected chi connectivity index (χ2v) is 9.14. The molecular weight excluding hydrogens is 440 g/mol. The third kappa shape index (κ3) is 3.47. The highest BCUT2D eigenvalue weighted by atomic mass is 79.9. The van der Waals surface area contributed by atoms with Gasteiger partial charge in [0.25, 0.3) is 5.91 Å². The summed E-state index contributed by atoms with van der Waals surface area (Å²) in [6.07, 6.45) is 2.90. The molecule has 2 aliphatic carbocycles. The summed E-state index contributed by atoms with van der Waals surface area (Å²) in [5.41, 5.74) is 1.48. The highest BCUT2D eigenvalue weighted by molar-refractivity contribution is 9.10. The smallest absolute Gasteiger partial charge is 0.329 e. The van der Waals surface area contributed by atoms with Crippen LogP contribution in [0.15, 0.2) is 22.7 Å². The summed E-state index contributed by atoms with van der Waals surface area (Å²) >= 11 is 3.36. The van der Waals surface area contributed by atoms with E-state index in [1.165, 1.54) is 6.92 Å². The lowest BCUT2D eigenvalue weighted by Gasteiger charge is -2.23. The minimum Gasteiger partial charge on any atom is -0.454 e. The first kappa shape index (κ1) is 20.1. The number of anilines is 1. The number of ether oxygens (including phenoxy) is 1. The van der Waals surface area contributed by atoms with Crippen molar-refractivity contribution in [2.45, 2.75) is 39.2 Å². The third-order valence-corrected chi connectivity index (χ3v) is 6.99. The number of fused-ring (bicyclic) bond motifs is 5. The van der Waals surface area contributed by atoms with Crippen molar-refractivity contribution < 1.29 is 23.9 Å². The number of amides is 3. The van der Waals surface area contributed by atoms with E-state index in [-0.39, 0.29) is 35.5 Å². The molecule has 0 radical (unpaired) electrons. The molecule has 0 aromatic heterocycles. The summed E-state index contributed by atoms with van der Waals surface area (Å²) in [7, 11) is 0. The molecule has 154 valence electrons. The maximum Gasteiger partial charge on any atom is 0.329 e. The molecule has 1 heterocycles. The fraction of sp³-hybridized carbons (Fsp3) is 0.524. The number of nitrogens with one attached hydrogen (secondary N) is 1. The van der Waals surface area contributed by atoms with Crippen LogP contribution < -0.4 is 5.32 Å². The van der Waals surface area contributed by atoms with Gasteiger partial charge in [0.15, 0.2) is 6.61 Å². The molecule has 3 amide bonds. The van der Waals surface area contributed by atoms with E-state index in [2.05, 4.69) is 21.2 Å². The van der Waals surface area contributed by atoms with Gasteiger partial charge in [0, 0.05) is 10.2 Å². The number of carbonyl (C=O) groups is 4. The topological polar surface area (TPSA) is 92.8 Å². The number of esters is 1. The monoisotopic (exact) mass is 462 g/mol. The number of halogens is 1. The molecule has 2 saturated carbocycles. The molecule has 1 N–H and O–H groups in total. The van der Waals surface area contributed by atoms with Gasteiger partial charge >= 0.3 is 5.97 Å². The lowest BCUT2D eigenvalue weighted by molar-refractivity contribution is -0.159. The first-order valence-electron chi connectivity index (χ1n) is 9.87. The van der Waals surface area contributed by atoms with Gasteiger partial charge in [-0.3, -0.25) is 19.3 Å². The van der Waals surface area contributed by atoms with Gasteiger partial charge in [0.1, 0.15) is 6.04 Å². The number of likely N-dealkylation sites (tertiary alicyclic amines) is 1. The van der Waals surface area contributed by atoms with Gasteiger partial charge in [-0.15, -0.1) is 0 Å². The summed E-state index contributed by atoms with van der Waals surface area (Å²) in [5.74, 6) is -1.78. The first-order valence-corrected chi connectivity index (χ1v) is 10.7. The SMILES string of the molecule is Cc1cc(Br)ccc1NC(=O)COC(=O)[C@@H](C)N1C(=O)[C@@H]2[C@H]3CC[C@@H](C3)[C@@H]2C1=O. The number of aryl methyl sites for hydroxylation is 1. The maximum absolute atomic E-state index is 12.8. The van der Waals surface area contributed by atoms with E-state index in [9.17, 15) is 19.2 Å². The van der Waals surface area contributed by atoms with E-state index in [0.29, 0.717) is 5.69 Å². The van der Waals surface area contributed by atoms with Crippen LogP contribution in [0.25, 0.3) is 0 Å². The molecule has 4 rings (SSSR count). The number of nitrogens with zero attached hydrogens (tertiary/aromatic N) is 1. The second-order valence-electron chi connectivity index (χ2n) is 8.22. The van der Waals surface area contributed by atoms with Gasteiger partial charge < -0.3 is 10.1 Å². The standard InChI is InChI=1S/C21H23BrN2O5/c1-10-7-14(22)5-6-15(10)23-16(25)9-29-21(28)11(2)24-19(26)17-12-3-4-13(8-12)18(17)20(24)27/h5-7,11-13,17-18H,3-4,8-9H2,1-2H3,(H,23,25)/t11-,12+,13+,17-,18+/m1/s1. The van der Waals surface area contributed by atoms with Gasteiger partial charge in [0.05, 0.1) is 11.8 Å². The molecule has 8 heteroatoms. The van der Waals surface area contributed by atoms with Crippen molar-refractivity contribution in [3.05, 3.63) is 28.2 Å². The molecular formula is C21H23BrN2O5. The van der Waals surface area contributed by atoms with Crippen molar-refractivity contribution >= 4 is 45.3 Å². The van der Waals surface area contributed by atoms with E-state index >= 15 is 0 Å². The molecule has 7 nitrogen and oxygen atoms in total. The highest BCUT2D eigenvalue weighted by Gasteiger charge is 2.62. The average molecular weight is 463 g/mol. The molecule has 0 unspecified atom stereocenters. The maximum atomic E-state index is 12.8. The molecule has 5 atom stereocenters. The Hall–Kier alpha value is -2.22. The number of hydrogen-bond acceptors (Lipinski definition) is 5. The molecule has 3 aliphatic rings. The van der Waals surface area contributed by atoms with E-state index in [0.717, 1.165) is 34.2 Å². The molecule has 29 heavy (non-hydrogen) atoms. The normalized spacial score (nSPS) is 28.4. The minimum atomic E-state index is -1.03. The zero-order valence-electron chi connectivity index (χ0n) is 16.3. The van der Waals surface area contributed by atoms with Crippen molar-refractivity contribution in [3.63, 3.8) is 0 Å². The van der Waals surface area contributed by atoms with E-state index in [4.69, 9.17) is 4.74 Å². The Labute approximate surface area is 177 Å². The summed E-state index contributed by atoms with van der Waals surface area (Å²) in [5, 5.41) is 2.69. The van der Waals surface area contributed by atoms with Crippen molar-refractivity contribution in [2.75, 3.05) is 11.9 Å². The zero-order chi connectivity index (χ0) is 20.9. The molecule has 3 fully saturated rings. The number of hydrogen-bond donors (Lipinski definition) is 1. The van der Waals surface area contributed by atoms with Crippen molar-refractivity contribution in [1.29, 1.82) is 0 Å². The minimum absolute atomic E-state index is 0.258. The highest BCUT2D eigenvalue weighted by Crippen LogP contribution is 2.56. The third-order valence-electron chi connectivity index (χ3n) is 6.50. The van der Waals surface area contributed by atoms with Gasteiger partial charge in [-0.2, -0.15) is 0 Å². The Kier molecular flexibility index (Phi) is 5.23. The van der Waals surface area contributed by atoms with Crippen LogP contribution >= 0.6 is 15.9 Å². The number of carbonyl (C=O) groups excluding carboxylic acids is 4. The van der Waals surface area contributed by atoms with Crippen LogP contribution in [0.3, 0.4) is 0 Å². The van der Waals surface area contributed by atoms with Crippen LogP contribution in [0.5, 0.6) is 0 Å². The second kappa shape index (κ2) is 7.55. The molecule has 1 aliphatic heterocycles. The Morgan fingerprint density at radius 2 is 1.83 bits per heavy atom. The Morgan fingerprint density at radius 1 is 1.21 bits per heavy atom. The summed E-state index contributed by atoms with van der Waals surface area (Å²) in [6, 6.07) is 4.38. The predicted octanol–water partition coefficient (Wildman–Crippen LogP) is 2.66. The molecule has 0 spiro atoms. The fourth-order valence-corrected chi connectivity index (χ4v) is 5.61. The van der Waals surface area contributed by atoms with Crippen LogP contribution in [0, 0.1) is 30.6 Å². The van der Waals surface area contributed by atoms with E-state index in [1.807, 2.05) is 13.0 Å². The predicted molar refractivity (Wildman–Crippen MR) is 108 cm³/mol. The molecule has 1 aromatic carbocycles. The molecule has 1 aromatic rings. The van der Waals surface area contributed by atoms with Crippen LogP contribution in [0.4, 0.5) is 5.69 Å². The van der Waals surface area contributed by atoms with E-state index < -0.39 is 24.5 Å². The van der Waals surface area contributed by atoms with Crippen molar-refractivity contribution in [2.24, 2.45) is 23.7 Å². The van der Waals surface area contributed by atoms with E-state index in [1.54, 1.807) is 12.1 Å². The van der Waals surface area contributed by atoms with Gasteiger partial charge in [-0.25, -0.2) is 4.79 Å². The van der Waals surface area contributed by atoms with Gasteiger partial charge in [-0.05, 0) is 68.7 Å². The largest absolute Gasteiger partial charge is 0.454 e. The van der Waals surface area contributed by atoms with Crippen molar-refractivity contribution in [3.8, 4) is 0 Å². The van der Waals surface area contributed by atoms with Crippen LogP contribution in [0.2, 0.25) is 0 Å². The molecule has 2 bridgehead atoms. The summed E-state index contributed by atoms with van der Waals surface area (Å²) in [4.78, 5) is 51.2. The average Bonchev–Trinajstić information content (AvgIpc) is 3.35. The van der Waals surface area contributed by atoms with Gasteiger partial charge in [0.2, 0.25) is 11.8 Å². The fourth-order valence-electron chi connectivity index (χ4n) is 5.13. The van der Waals surface area contributed by atoms with Crippen molar-refractivity contribution in [1.82, 2.24) is 4.90 Å². The molecule has 1 saturated heterocycles. The van der Waals surface area contributed by atoms with Gasteiger partial charge in [-0.1, -0.05) is 15.9 Å². The Bertz CT molecular complexity index is 873. The Morgan fingerprint density at radius 3 is 2.41 bits per heavy atom. The van der Waals surface area contributed by atoms with Crippen LogP contribution in [-0.2, 0) is 23.9 Å². The quantitative estimate of drug-likeness (QED) is 0.536. The number of benzene rings is 1. The lowest BCUT2D eigenvalue weighted by Crippen LogP contribution is -2.45. The first-order chi connectivity index (χ1) is 13.8.